The molecular weight excluding hydrogens is 256 g/mol. The third-order valence-corrected chi connectivity index (χ3v) is 2.68. The SMILES string of the molecule is c1coc(CNc2ccnc(NCc3ccco3)n2)c1. The number of nitrogens with one attached hydrogen (secondary N) is 2. The van der Waals surface area contributed by atoms with Crippen LogP contribution >= 0.6 is 0 Å². The number of furan rings is 2. The van der Waals surface area contributed by atoms with Crippen LogP contribution in [-0.2, 0) is 13.1 Å². The zero-order chi connectivity index (χ0) is 13.6. The summed E-state index contributed by atoms with van der Waals surface area (Å²) in [5.74, 6) is 2.97. The lowest BCUT2D eigenvalue weighted by Crippen LogP contribution is -2.06. The summed E-state index contributed by atoms with van der Waals surface area (Å²) in [5, 5.41) is 6.27. The molecule has 0 spiro atoms. The van der Waals surface area contributed by atoms with Crippen molar-refractivity contribution in [3.8, 4) is 0 Å². The first-order valence-electron chi connectivity index (χ1n) is 6.26. The van der Waals surface area contributed by atoms with E-state index in [-0.39, 0.29) is 0 Å². The number of rotatable bonds is 6. The number of anilines is 2. The van der Waals surface area contributed by atoms with Gasteiger partial charge in [-0.3, -0.25) is 0 Å². The van der Waals surface area contributed by atoms with Gasteiger partial charge in [0.05, 0.1) is 25.6 Å². The van der Waals surface area contributed by atoms with Crippen molar-refractivity contribution < 1.29 is 8.83 Å². The summed E-state index contributed by atoms with van der Waals surface area (Å²) in [6, 6.07) is 9.31. The van der Waals surface area contributed by atoms with Crippen LogP contribution in [0.3, 0.4) is 0 Å². The second-order valence-corrected chi connectivity index (χ2v) is 4.13. The predicted octanol–water partition coefficient (Wildman–Crippen LogP) is 2.89. The molecule has 2 N–H and O–H groups in total. The van der Waals surface area contributed by atoms with E-state index in [2.05, 4.69) is 20.6 Å². The van der Waals surface area contributed by atoms with Crippen molar-refractivity contribution in [2.75, 3.05) is 10.6 Å². The third kappa shape index (κ3) is 3.17. The van der Waals surface area contributed by atoms with Crippen molar-refractivity contribution in [3.63, 3.8) is 0 Å². The fourth-order valence-corrected chi connectivity index (χ4v) is 1.71. The molecule has 0 aromatic carbocycles. The Morgan fingerprint density at radius 2 is 1.60 bits per heavy atom. The van der Waals surface area contributed by atoms with Crippen LogP contribution < -0.4 is 10.6 Å². The maximum Gasteiger partial charge on any atom is 0.224 e. The van der Waals surface area contributed by atoms with Crippen LogP contribution in [0, 0.1) is 0 Å². The predicted molar refractivity (Wildman–Crippen MR) is 74.1 cm³/mol. The molecule has 20 heavy (non-hydrogen) atoms. The first-order valence-corrected chi connectivity index (χ1v) is 6.26. The summed E-state index contributed by atoms with van der Waals surface area (Å²) in [7, 11) is 0. The van der Waals surface area contributed by atoms with Gasteiger partial charge in [0.15, 0.2) is 0 Å². The molecule has 0 aliphatic rings. The van der Waals surface area contributed by atoms with Gasteiger partial charge in [0, 0.05) is 6.20 Å². The van der Waals surface area contributed by atoms with E-state index in [0.717, 1.165) is 17.3 Å². The second-order valence-electron chi connectivity index (χ2n) is 4.13. The van der Waals surface area contributed by atoms with Crippen LogP contribution in [0.15, 0.2) is 57.9 Å². The maximum atomic E-state index is 5.25. The van der Waals surface area contributed by atoms with E-state index in [1.54, 1.807) is 24.8 Å². The monoisotopic (exact) mass is 270 g/mol. The largest absolute Gasteiger partial charge is 0.467 e. The molecule has 0 atom stereocenters. The fraction of sp³-hybridized carbons (Fsp3) is 0.143. The van der Waals surface area contributed by atoms with Gasteiger partial charge in [0.25, 0.3) is 0 Å². The van der Waals surface area contributed by atoms with Crippen LogP contribution in [-0.4, -0.2) is 9.97 Å². The molecule has 6 heteroatoms. The van der Waals surface area contributed by atoms with Crippen molar-refractivity contribution in [2.24, 2.45) is 0 Å². The highest BCUT2D eigenvalue weighted by Gasteiger charge is 2.01. The van der Waals surface area contributed by atoms with E-state index in [1.165, 1.54) is 0 Å². The molecule has 102 valence electrons. The molecular formula is C14H14N4O2. The Morgan fingerprint density at radius 3 is 2.25 bits per heavy atom. The van der Waals surface area contributed by atoms with Crippen LogP contribution in [0.1, 0.15) is 11.5 Å². The van der Waals surface area contributed by atoms with Gasteiger partial charge in [0.1, 0.15) is 17.3 Å². The number of nitrogens with zero attached hydrogens (tertiary/aromatic N) is 2. The van der Waals surface area contributed by atoms with Crippen molar-refractivity contribution in [3.05, 3.63) is 60.6 Å². The molecule has 3 aromatic rings. The topological polar surface area (TPSA) is 76.1 Å². The molecule has 6 nitrogen and oxygen atoms in total. The molecule has 0 amide bonds. The molecule has 0 fully saturated rings. The first kappa shape index (κ1) is 12.3. The van der Waals surface area contributed by atoms with E-state index < -0.39 is 0 Å². The van der Waals surface area contributed by atoms with Crippen molar-refractivity contribution >= 4 is 11.8 Å². The number of aromatic nitrogens is 2. The molecule has 0 unspecified atom stereocenters. The average molecular weight is 270 g/mol. The van der Waals surface area contributed by atoms with E-state index in [4.69, 9.17) is 8.83 Å². The molecule has 3 heterocycles. The quantitative estimate of drug-likeness (QED) is 0.717. The van der Waals surface area contributed by atoms with Gasteiger partial charge in [-0.15, -0.1) is 0 Å². The summed E-state index contributed by atoms with van der Waals surface area (Å²) < 4.78 is 10.5. The molecule has 3 rings (SSSR count). The summed E-state index contributed by atoms with van der Waals surface area (Å²) in [6.07, 6.45) is 4.98. The van der Waals surface area contributed by atoms with Gasteiger partial charge in [0.2, 0.25) is 5.95 Å². The minimum Gasteiger partial charge on any atom is -0.467 e. The van der Waals surface area contributed by atoms with E-state index in [9.17, 15) is 0 Å². The Balaban J connectivity index is 1.57. The van der Waals surface area contributed by atoms with Crippen molar-refractivity contribution in [2.45, 2.75) is 13.1 Å². The lowest BCUT2D eigenvalue weighted by Gasteiger charge is -2.06. The summed E-state index contributed by atoms with van der Waals surface area (Å²) in [4.78, 5) is 8.51. The van der Waals surface area contributed by atoms with Gasteiger partial charge in [-0.1, -0.05) is 0 Å². The van der Waals surface area contributed by atoms with Gasteiger partial charge in [-0.25, -0.2) is 4.98 Å². The molecule has 0 radical (unpaired) electrons. The van der Waals surface area contributed by atoms with Crippen LogP contribution in [0.4, 0.5) is 11.8 Å². The highest BCUT2D eigenvalue weighted by Crippen LogP contribution is 2.10. The van der Waals surface area contributed by atoms with E-state index in [0.29, 0.717) is 19.0 Å². The molecule has 3 aromatic heterocycles. The Bertz CT molecular complexity index is 582. The lowest BCUT2D eigenvalue weighted by molar-refractivity contribution is 0.517. The second kappa shape index (κ2) is 5.92. The lowest BCUT2D eigenvalue weighted by atomic mass is 10.4. The van der Waals surface area contributed by atoms with Gasteiger partial charge < -0.3 is 19.5 Å². The Morgan fingerprint density at radius 1 is 0.900 bits per heavy atom. The van der Waals surface area contributed by atoms with Gasteiger partial charge in [-0.05, 0) is 30.3 Å². The number of hydrogen-bond donors (Lipinski definition) is 2. The fourth-order valence-electron chi connectivity index (χ4n) is 1.71. The van der Waals surface area contributed by atoms with Crippen LogP contribution in [0.5, 0.6) is 0 Å². The van der Waals surface area contributed by atoms with Gasteiger partial charge in [-0.2, -0.15) is 4.98 Å². The summed E-state index contributed by atoms with van der Waals surface area (Å²) >= 11 is 0. The molecule has 0 aliphatic carbocycles. The Labute approximate surface area is 115 Å². The van der Waals surface area contributed by atoms with E-state index in [1.807, 2.05) is 24.3 Å². The van der Waals surface area contributed by atoms with E-state index >= 15 is 0 Å². The highest BCUT2D eigenvalue weighted by molar-refractivity contribution is 5.39. The minimum absolute atomic E-state index is 0.547. The highest BCUT2D eigenvalue weighted by atomic mass is 16.3. The maximum absolute atomic E-state index is 5.25. The summed E-state index contributed by atoms with van der Waals surface area (Å²) in [6.45, 7) is 1.14. The van der Waals surface area contributed by atoms with Crippen LogP contribution in [0.25, 0.3) is 0 Å². The minimum atomic E-state index is 0.547. The molecule has 0 aliphatic heterocycles. The average Bonchev–Trinajstić information content (AvgIpc) is 3.17. The first-order chi connectivity index (χ1) is 9.90. The number of hydrogen-bond acceptors (Lipinski definition) is 6. The standard InChI is InChI=1S/C14H14N4O2/c1-3-11(19-7-1)9-16-13-5-6-15-14(18-13)17-10-12-4-2-8-20-12/h1-8H,9-10H2,(H2,15,16,17,18). The Hall–Kier alpha value is -2.76. The third-order valence-electron chi connectivity index (χ3n) is 2.68. The van der Waals surface area contributed by atoms with Crippen molar-refractivity contribution in [1.82, 2.24) is 9.97 Å². The summed E-state index contributed by atoms with van der Waals surface area (Å²) in [5.41, 5.74) is 0. The zero-order valence-electron chi connectivity index (χ0n) is 10.7. The molecule has 0 saturated carbocycles. The van der Waals surface area contributed by atoms with Crippen LogP contribution in [0.2, 0.25) is 0 Å². The molecule has 0 bridgehead atoms. The molecule has 0 saturated heterocycles. The van der Waals surface area contributed by atoms with Gasteiger partial charge >= 0.3 is 0 Å². The normalized spacial score (nSPS) is 10.4. The Kier molecular flexibility index (Phi) is 3.64. The smallest absolute Gasteiger partial charge is 0.224 e. The zero-order valence-corrected chi connectivity index (χ0v) is 10.7. The van der Waals surface area contributed by atoms with Crippen molar-refractivity contribution in [1.29, 1.82) is 0 Å².